The van der Waals surface area contributed by atoms with E-state index in [4.69, 9.17) is 5.11 Å². The summed E-state index contributed by atoms with van der Waals surface area (Å²) in [6.45, 7) is 1.56. The Balaban J connectivity index is 2.53. The van der Waals surface area contributed by atoms with E-state index < -0.39 is 0 Å². The molecule has 0 spiro atoms. The Hall–Kier alpha value is -1.38. The number of aromatic nitrogens is 1. The number of hydrogen-bond donors (Lipinski definition) is 1. The van der Waals surface area contributed by atoms with Gasteiger partial charge in [-0.15, -0.1) is 0 Å². The van der Waals surface area contributed by atoms with E-state index in [2.05, 4.69) is 4.98 Å². The lowest BCUT2D eigenvalue weighted by Gasteiger charge is -1.97. The van der Waals surface area contributed by atoms with Gasteiger partial charge in [0.05, 0.1) is 0 Å². The van der Waals surface area contributed by atoms with E-state index in [1.54, 1.807) is 19.2 Å². The third kappa shape index (κ3) is 2.70. The highest BCUT2D eigenvalue weighted by molar-refractivity contribution is 5.75. The topological polar surface area (TPSA) is 50.2 Å². The van der Waals surface area contributed by atoms with Gasteiger partial charge in [-0.2, -0.15) is 0 Å². The van der Waals surface area contributed by atoms with Gasteiger partial charge in [-0.3, -0.25) is 0 Å². The molecule has 1 N–H and O–H groups in total. The normalized spacial score (nSPS) is 9.75. The highest BCUT2D eigenvalue weighted by Gasteiger charge is 1.96. The third-order valence-electron chi connectivity index (χ3n) is 1.57. The molecule has 0 saturated heterocycles. The van der Waals surface area contributed by atoms with Crippen LogP contribution in [0.5, 0.6) is 5.88 Å². The fourth-order valence-electron chi connectivity index (χ4n) is 0.885. The standard InChI is InChI=1S/C9H11NO2/c1-7(11)2-3-8-4-5-9(12)10-6-8/h4-6H,2-3H2,1H3,(H,10,12). The Kier molecular flexibility index (Phi) is 2.80. The number of nitrogens with zero attached hydrogens (tertiary/aromatic N) is 1. The lowest BCUT2D eigenvalue weighted by Crippen LogP contribution is -1.94. The zero-order valence-corrected chi connectivity index (χ0v) is 6.95. The van der Waals surface area contributed by atoms with E-state index >= 15 is 0 Å². The summed E-state index contributed by atoms with van der Waals surface area (Å²) in [5.74, 6) is 0.185. The predicted molar refractivity (Wildman–Crippen MR) is 44.9 cm³/mol. The zero-order valence-electron chi connectivity index (χ0n) is 6.95. The molecule has 0 saturated carbocycles. The molecule has 0 aliphatic carbocycles. The molecule has 0 atom stereocenters. The van der Waals surface area contributed by atoms with E-state index in [0.717, 1.165) is 5.56 Å². The van der Waals surface area contributed by atoms with Crippen molar-refractivity contribution in [3.05, 3.63) is 23.9 Å². The van der Waals surface area contributed by atoms with Gasteiger partial charge >= 0.3 is 0 Å². The van der Waals surface area contributed by atoms with Crippen LogP contribution in [0.1, 0.15) is 18.9 Å². The number of Topliss-reactive ketones (excluding diaryl/α,β-unsaturated/α-hetero) is 1. The number of carbonyl (C=O) groups is 1. The molecule has 12 heavy (non-hydrogen) atoms. The molecular weight excluding hydrogens is 154 g/mol. The van der Waals surface area contributed by atoms with Gasteiger partial charge in [0.1, 0.15) is 5.78 Å². The van der Waals surface area contributed by atoms with E-state index in [1.807, 2.05) is 0 Å². The minimum Gasteiger partial charge on any atom is -0.493 e. The van der Waals surface area contributed by atoms with Crippen molar-refractivity contribution >= 4 is 5.78 Å². The van der Waals surface area contributed by atoms with E-state index in [-0.39, 0.29) is 11.7 Å². The maximum absolute atomic E-state index is 10.6. The summed E-state index contributed by atoms with van der Waals surface area (Å²) in [5.41, 5.74) is 0.975. The number of aryl methyl sites for hydroxylation is 1. The largest absolute Gasteiger partial charge is 0.493 e. The molecule has 0 aliphatic heterocycles. The van der Waals surface area contributed by atoms with Crippen molar-refractivity contribution in [1.29, 1.82) is 0 Å². The first-order valence-electron chi connectivity index (χ1n) is 3.82. The lowest BCUT2D eigenvalue weighted by atomic mass is 10.1. The van der Waals surface area contributed by atoms with Crippen LogP contribution in [0.2, 0.25) is 0 Å². The average molecular weight is 165 g/mol. The van der Waals surface area contributed by atoms with Gasteiger partial charge in [0.25, 0.3) is 0 Å². The predicted octanol–water partition coefficient (Wildman–Crippen LogP) is 1.31. The third-order valence-corrected chi connectivity index (χ3v) is 1.57. The van der Waals surface area contributed by atoms with Crippen LogP contribution in [0.25, 0.3) is 0 Å². The van der Waals surface area contributed by atoms with Gasteiger partial charge in [-0.1, -0.05) is 6.07 Å². The van der Waals surface area contributed by atoms with Crippen molar-refractivity contribution in [2.24, 2.45) is 0 Å². The Bertz CT molecular complexity index is 266. The molecule has 3 heteroatoms. The first-order chi connectivity index (χ1) is 5.68. The Morgan fingerprint density at radius 1 is 1.58 bits per heavy atom. The second-order valence-electron chi connectivity index (χ2n) is 2.73. The molecule has 0 bridgehead atoms. The molecule has 3 nitrogen and oxygen atoms in total. The molecular formula is C9H11NO2. The average Bonchev–Trinajstić information content (AvgIpc) is 2.03. The first-order valence-corrected chi connectivity index (χ1v) is 3.82. The quantitative estimate of drug-likeness (QED) is 0.734. The van der Waals surface area contributed by atoms with Crippen molar-refractivity contribution in [3.63, 3.8) is 0 Å². The summed E-state index contributed by atoms with van der Waals surface area (Å²) in [4.78, 5) is 14.3. The smallest absolute Gasteiger partial charge is 0.210 e. The number of carbonyl (C=O) groups excluding carboxylic acids is 1. The fraction of sp³-hybridized carbons (Fsp3) is 0.333. The SMILES string of the molecule is CC(=O)CCc1ccc(O)nc1. The van der Waals surface area contributed by atoms with Gasteiger partial charge in [-0.05, 0) is 18.9 Å². The monoisotopic (exact) mass is 165 g/mol. The highest BCUT2D eigenvalue weighted by atomic mass is 16.3. The van der Waals surface area contributed by atoms with Gasteiger partial charge in [0.15, 0.2) is 0 Å². The van der Waals surface area contributed by atoms with Gasteiger partial charge in [0, 0.05) is 18.7 Å². The first kappa shape index (κ1) is 8.71. The van der Waals surface area contributed by atoms with Crippen molar-refractivity contribution in [3.8, 4) is 5.88 Å². The van der Waals surface area contributed by atoms with Crippen LogP contribution in [-0.2, 0) is 11.2 Å². The van der Waals surface area contributed by atoms with Crippen LogP contribution in [-0.4, -0.2) is 15.9 Å². The van der Waals surface area contributed by atoms with Crippen LogP contribution in [0, 0.1) is 0 Å². The summed E-state index contributed by atoms with van der Waals surface area (Å²) in [6.07, 6.45) is 2.81. The van der Waals surface area contributed by atoms with Crippen LogP contribution < -0.4 is 0 Å². The van der Waals surface area contributed by atoms with Crippen LogP contribution in [0.15, 0.2) is 18.3 Å². The molecule has 64 valence electrons. The summed E-state index contributed by atoms with van der Waals surface area (Å²) >= 11 is 0. The summed E-state index contributed by atoms with van der Waals surface area (Å²) < 4.78 is 0. The second-order valence-corrected chi connectivity index (χ2v) is 2.73. The van der Waals surface area contributed by atoms with Gasteiger partial charge in [0.2, 0.25) is 5.88 Å². The molecule has 0 amide bonds. The molecule has 0 fully saturated rings. The molecule has 1 aromatic heterocycles. The molecule has 0 aromatic carbocycles. The van der Waals surface area contributed by atoms with Gasteiger partial charge in [-0.25, -0.2) is 4.98 Å². The molecule has 0 aliphatic rings. The zero-order chi connectivity index (χ0) is 8.97. The number of rotatable bonds is 3. The highest BCUT2D eigenvalue weighted by Crippen LogP contribution is 2.06. The maximum Gasteiger partial charge on any atom is 0.210 e. The number of pyridine rings is 1. The van der Waals surface area contributed by atoms with Crippen LogP contribution >= 0.6 is 0 Å². The molecule has 1 heterocycles. The van der Waals surface area contributed by atoms with E-state index in [1.165, 1.54) is 6.07 Å². The molecule has 1 aromatic rings. The molecule has 1 rings (SSSR count). The molecule has 0 radical (unpaired) electrons. The van der Waals surface area contributed by atoms with Gasteiger partial charge < -0.3 is 9.90 Å². The number of hydrogen-bond acceptors (Lipinski definition) is 3. The van der Waals surface area contributed by atoms with Crippen molar-refractivity contribution in [2.45, 2.75) is 19.8 Å². The van der Waals surface area contributed by atoms with E-state index in [0.29, 0.717) is 12.8 Å². The summed E-state index contributed by atoms with van der Waals surface area (Å²) in [5, 5.41) is 8.86. The fourth-order valence-corrected chi connectivity index (χ4v) is 0.885. The Labute approximate surface area is 71.1 Å². The van der Waals surface area contributed by atoms with Crippen molar-refractivity contribution in [1.82, 2.24) is 4.98 Å². The van der Waals surface area contributed by atoms with Crippen LogP contribution in [0.3, 0.4) is 0 Å². The number of aromatic hydroxyl groups is 1. The summed E-state index contributed by atoms with van der Waals surface area (Å²) in [7, 11) is 0. The van der Waals surface area contributed by atoms with Crippen LogP contribution in [0.4, 0.5) is 0 Å². The Morgan fingerprint density at radius 3 is 2.83 bits per heavy atom. The van der Waals surface area contributed by atoms with Crippen molar-refractivity contribution < 1.29 is 9.90 Å². The maximum atomic E-state index is 10.6. The molecule has 0 unspecified atom stereocenters. The van der Waals surface area contributed by atoms with E-state index in [9.17, 15) is 4.79 Å². The minimum atomic E-state index is 0.0153. The number of ketones is 1. The lowest BCUT2D eigenvalue weighted by molar-refractivity contribution is -0.116. The minimum absolute atomic E-state index is 0.0153. The second kappa shape index (κ2) is 3.85. The summed E-state index contributed by atoms with van der Waals surface area (Å²) in [6, 6.07) is 3.29. The Morgan fingerprint density at radius 2 is 2.33 bits per heavy atom. The van der Waals surface area contributed by atoms with Crippen molar-refractivity contribution in [2.75, 3.05) is 0 Å².